The van der Waals surface area contributed by atoms with Crippen molar-refractivity contribution in [2.45, 2.75) is 238 Å². The highest BCUT2D eigenvalue weighted by molar-refractivity contribution is 7.47. The Morgan fingerprint density at radius 3 is 1.30 bits per heavy atom. The molecule has 3 N–H and O–H groups in total. The Morgan fingerprint density at radius 1 is 0.493 bits per heavy atom. The summed E-state index contributed by atoms with van der Waals surface area (Å²) in [6.45, 7) is 4.67. The first-order valence-electron chi connectivity index (χ1n) is 28.8. The van der Waals surface area contributed by atoms with Gasteiger partial charge in [-0.1, -0.05) is 239 Å². The van der Waals surface area contributed by atoms with Gasteiger partial charge >= 0.3 is 7.82 Å². The van der Waals surface area contributed by atoms with Crippen LogP contribution in [0.15, 0.2) is 109 Å². The summed E-state index contributed by atoms with van der Waals surface area (Å²) in [5.41, 5.74) is 0. The molecule has 0 aromatic rings. The quantitative estimate of drug-likeness (QED) is 0.0243. The van der Waals surface area contributed by atoms with Crippen LogP contribution in [0.3, 0.4) is 0 Å². The third-order valence-electron chi connectivity index (χ3n) is 12.2. The number of quaternary nitrogens is 1. The number of phosphoric ester groups is 1. The van der Waals surface area contributed by atoms with Crippen LogP contribution in [0.4, 0.5) is 0 Å². The number of carbonyl (C=O) groups is 1. The van der Waals surface area contributed by atoms with Crippen LogP contribution in [0, 0.1) is 0 Å². The van der Waals surface area contributed by atoms with Crippen molar-refractivity contribution in [2.75, 3.05) is 40.9 Å². The van der Waals surface area contributed by atoms with Gasteiger partial charge in [0, 0.05) is 6.42 Å². The van der Waals surface area contributed by atoms with Crippen molar-refractivity contribution in [3.63, 3.8) is 0 Å². The minimum Gasteiger partial charge on any atom is -0.387 e. The molecule has 0 aliphatic rings. The number of phosphoric acid groups is 1. The van der Waals surface area contributed by atoms with Gasteiger partial charge in [-0.25, -0.2) is 4.57 Å². The number of allylic oxidation sites excluding steroid dienone is 17. The SMILES string of the molecule is CC/C=C\C/C=C\C/C=C\C/C=C\C/C=C\C/C=C\C/C=C\CCCCCCCCCCCCCC(=O)NC(COP(=O)(O)OCC[N+](C)(C)C)C(O)/C=C/CC/C=C/CCCCCCCCCCCC. The fourth-order valence-corrected chi connectivity index (χ4v) is 8.48. The number of nitrogens with one attached hydrogen (secondary N) is 1. The number of likely N-dealkylation sites (N-methyl/N-ethyl adjacent to an activating group) is 1. The Morgan fingerprint density at radius 2 is 0.859 bits per heavy atom. The summed E-state index contributed by atoms with van der Waals surface area (Å²) < 4.78 is 23.7. The molecule has 0 spiro atoms. The first-order chi connectivity index (χ1) is 34.5. The van der Waals surface area contributed by atoms with E-state index < -0.39 is 20.0 Å². The second-order valence-corrected chi connectivity index (χ2v) is 21.7. The van der Waals surface area contributed by atoms with Gasteiger partial charge in [-0.05, 0) is 89.9 Å². The molecule has 0 aliphatic heterocycles. The lowest BCUT2D eigenvalue weighted by Gasteiger charge is -2.25. The minimum atomic E-state index is -4.36. The summed E-state index contributed by atoms with van der Waals surface area (Å²) in [4.78, 5) is 23.3. The first-order valence-corrected chi connectivity index (χ1v) is 30.3. The summed E-state index contributed by atoms with van der Waals surface area (Å²) in [7, 11) is 1.54. The van der Waals surface area contributed by atoms with Gasteiger partial charge < -0.3 is 19.8 Å². The van der Waals surface area contributed by atoms with Crippen LogP contribution < -0.4 is 5.32 Å². The van der Waals surface area contributed by atoms with Crippen LogP contribution in [0.5, 0.6) is 0 Å². The number of amides is 1. The number of unbranched alkanes of at least 4 members (excludes halogenated alkanes) is 22. The lowest BCUT2D eigenvalue weighted by atomic mass is 10.0. The van der Waals surface area contributed by atoms with Gasteiger partial charge in [0.15, 0.2) is 0 Å². The predicted octanol–water partition coefficient (Wildman–Crippen LogP) is 17.6. The van der Waals surface area contributed by atoms with Crippen molar-refractivity contribution in [2.24, 2.45) is 0 Å². The molecule has 9 heteroatoms. The maximum Gasteiger partial charge on any atom is 0.472 e. The highest BCUT2D eigenvalue weighted by atomic mass is 31.2. The second-order valence-electron chi connectivity index (χ2n) is 20.3. The number of hydrogen-bond donors (Lipinski definition) is 3. The van der Waals surface area contributed by atoms with Crippen molar-refractivity contribution in [3.8, 4) is 0 Å². The monoisotopic (exact) mass is 1010 g/mol. The highest BCUT2D eigenvalue weighted by Crippen LogP contribution is 2.43. The van der Waals surface area contributed by atoms with E-state index in [0.29, 0.717) is 17.4 Å². The molecule has 0 rings (SSSR count). The Hall–Kier alpha value is -2.84. The maximum absolute atomic E-state index is 13.0. The molecule has 0 aliphatic carbocycles. The Balaban J connectivity index is 4.20. The van der Waals surface area contributed by atoms with Crippen LogP contribution in [0.2, 0.25) is 0 Å². The second kappa shape index (κ2) is 52.0. The molecule has 0 radical (unpaired) electrons. The molecule has 3 atom stereocenters. The van der Waals surface area contributed by atoms with Crippen molar-refractivity contribution in [1.29, 1.82) is 0 Å². The fourth-order valence-electron chi connectivity index (χ4n) is 7.74. The van der Waals surface area contributed by atoms with Gasteiger partial charge in [0.05, 0.1) is 39.9 Å². The standard InChI is InChI=1S/C62H109N2O6P/c1-6-8-10-12-14-16-18-20-22-24-25-26-27-28-29-30-31-32-33-34-35-36-37-38-39-40-42-44-46-48-50-52-54-56-62(66)63-60(59-70-71(67,68)69-58-57-64(3,4)5)61(65)55-53-51-49-47-45-43-41-23-21-19-17-15-13-11-9-7-2/h8,10,14,16,20,22,25-26,28-29,31-32,34-35,45,47,53,55,60-61,65H,6-7,9,11-13,15,17-19,21,23-24,27,30,33,36-44,46,48-52,54,56-59H2,1-5H3,(H-,63,66,67,68)/p+1/b10-8-,16-14-,22-20-,26-25-,29-28-,32-31-,35-34-,47-45+,55-53+. The van der Waals surface area contributed by atoms with Crippen LogP contribution in [0.25, 0.3) is 0 Å². The number of aliphatic hydroxyl groups is 1. The van der Waals surface area contributed by atoms with E-state index in [-0.39, 0.29) is 19.1 Å². The topological polar surface area (TPSA) is 105 Å². The van der Waals surface area contributed by atoms with Crippen LogP contribution >= 0.6 is 7.82 Å². The third kappa shape index (κ3) is 54.8. The van der Waals surface area contributed by atoms with E-state index in [2.05, 4.69) is 116 Å². The molecule has 0 saturated heterocycles. The summed E-state index contributed by atoms with van der Waals surface area (Å²) in [5, 5.41) is 13.9. The van der Waals surface area contributed by atoms with Gasteiger partial charge in [-0.15, -0.1) is 0 Å². The zero-order chi connectivity index (χ0) is 52.0. The van der Waals surface area contributed by atoms with E-state index >= 15 is 0 Å². The summed E-state index contributed by atoms with van der Waals surface area (Å²) in [5.74, 6) is -0.194. The smallest absolute Gasteiger partial charge is 0.387 e. The Labute approximate surface area is 438 Å². The molecule has 0 fully saturated rings. The third-order valence-corrected chi connectivity index (χ3v) is 13.2. The van der Waals surface area contributed by atoms with E-state index in [4.69, 9.17) is 9.05 Å². The number of rotatable bonds is 51. The molecule has 3 unspecified atom stereocenters. The lowest BCUT2D eigenvalue weighted by Crippen LogP contribution is -2.45. The molecule has 0 saturated carbocycles. The van der Waals surface area contributed by atoms with Gasteiger partial charge in [-0.2, -0.15) is 0 Å². The molecule has 71 heavy (non-hydrogen) atoms. The average molecular weight is 1010 g/mol. The number of aliphatic hydroxyl groups excluding tert-OH is 1. The summed E-state index contributed by atoms with van der Waals surface area (Å²) in [6.07, 6.45) is 76.2. The van der Waals surface area contributed by atoms with Gasteiger partial charge in [0.1, 0.15) is 13.2 Å². The summed E-state index contributed by atoms with van der Waals surface area (Å²) >= 11 is 0. The van der Waals surface area contributed by atoms with E-state index in [0.717, 1.165) is 83.5 Å². The molecule has 0 aromatic heterocycles. The number of hydrogen-bond acceptors (Lipinski definition) is 5. The van der Waals surface area contributed by atoms with Crippen LogP contribution in [-0.4, -0.2) is 73.4 Å². The van der Waals surface area contributed by atoms with E-state index in [1.54, 1.807) is 6.08 Å². The maximum atomic E-state index is 13.0. The van der Waals surface area contributed by atoms with E-state index in [1.165, 1.54) is 122 Å². The zero-order valence-corrected chi connectivity index (χ0v) is 47.3. The van der Waals surface area contributed by atoms with Crippen molar-refractivity contribution < 1.29 is 32.9 Å². The molecule has 0 bridgehead atoms. The van der Waals surface area contributed by atoms with Crippen molar-refractivity contribution >= 4 is 13.7 Å². The van der Waals surface area contributed by atoms with Crippen molar-refractivity contribution in [1.82, 2.24) is 5.32 Å². The minimum absolute atomic E-state index is 0.0508. The average Bonchev–Trinajstić information content (AvgIpc) is 3.33. The zero-order valence-electron chi connectivity index (χ0n) is 46.4. The number of nitrogens with zero attached hydrogens (tertiary/aromatic N) is 1. The largest absolute Gasteiger partial charge is 0.472 e. The molecule has 8 nitrogen and oxygen atoms in total. The fraction of sp³-hybridized carbons (Fsp3) is 0.694. The van der Waals surface area contributed by atoms with Crippen molar-refractivity contribution in [3.05, 3.63) is 109 Å². The molecular weight excluding hydrogens is 900 g/mol. The van der Waals surface area contributed by atoms with Crippen LogP contribution in [0.1, 0.15) is 226 Å². The molecule has 0 heterocycles. The Bertz CT molecular complexity index is 1520. The first kappa shape index (κ1) is 68.2. The van der Waals surface area contributed by atoms with E-state index in [1.807, 2.05) is 27.2 Å². The number of carbonyl (C=O) groups excluding carboxylic acids is 1. The van der Waals surface area contributed by atoms with Gasteiger partial charge in [0.2, 0.25) is 5.91 Å². The molecule has 0 aromatic carbocycles. The van der Waals surface area contributed by atoms with E-state index in [9.17, 15) is 19.4 Å². The van der Waals surface area contributed by atoms with Gasteiger partial charge in [0.25, 0.3) is 0 Å². The molecule has 1 amide bonds. The highest BCUT2D eigenvalue weighted by Gasteiger charge is 2.27. The lowest BCUT2D eigenvalue weighted by molar-refractivity contribution is -0.870. The van der Waals surface area contributed by atoms with Crippen LogP contribution in [-0.2, 0) is 18.4 Å². The predicted molar refractivity (Wildman–Crippen MR) is 309 cm³/mol. The molecule has 408 valence electrons. The summed E-state index contributed by atoms with van der Waals surface area (Å²) in [6, 6.07) is -0.872. The van der Waals surface area contributed by atoms with Gasteiger partial charge in [-0.3, -0.25) is 13.8 Å². The molecular formula is C62H110N2O6P+. The normalized spacial score (nSPS) is 14.7. The Kier molecular flexibility index (Phi) is 50.0.